The first-order valence-electron chi connectivity index (χ1n) is 10.00. The molecule has 11 nitrogen and oxygen atoms in total. The molecule has 2 aromatic rings. The fourth-order valence-corrected chi connectivity index (χ4v) is 4.89. The zero-order chi connectivity index (χ0) is 24.2. The molecule has 1 saturated heterocycles. The standard InChI is InChI=1S/C21H23N3O8S/c1-14-4-6-17(12-18(14)24(27)28)22-20(25)13-32-21(26)16-5-3-15(2)19(11-16)33(29,30)23-7-9-31-10-8-23/h3-6,11-12H,7-10,13H2,1-2H3,(H,22,25). The SMILES string of the molecule is Cc1ccc(NC(=O)COC(=O)c2ccc(C)c(S(=O)(=O)N3CCOCC3)c2)cc1[N+](=O)[O-]. The summed E-state index contributed by atoms with van der Waals surface area (Å²) in [5, 5.41) is 13.5. The van der Waals surface area contributed by atoms with E-state index in [-0.39, 0.29) is 34.9 Å². The molecule has 1 heterocycles. The summed E-state index contributed by atoms with van der Waals surface area (Å²) < 4.78 is 37.4. The van der Waals surface area contributed by atoms with Gasteiger partial charge in [-0.1, -0.05) is 12.1 Å². The fraction of sp³-hybridized carbons (Fsp3) is 0.333. The first-order chi connectivity index (χ1) is 15.6. The summed E-state index contributed by atoms with van der Waals surface area (Å²) in [6.07, 6.45) is 0. The molecule has 12 heteroatoms. The Balaban J connectivity index is 1.67. The lowest BCUT2D eigenvalue weighted by Crippen LogP contribution is -2.40. The number of amides is 1. The number of nitro benzene ring substituents is 1. The van der Waals surface area contributed by atoms with Gasteiger partial charge in [-0.25, -0.2) is 13.2 Å². The van der Waals surface area contributed by atoms with Gasteiger partial charge in [0.25, 0.3) is 11.6 Å². The maximum Gasteiger partial charge on any atom is 0.338 e. The molecule has 0 radical (unpaired) electrons. The van der Waals surface area contributed by atoms with Crippen LogP contribution in [0, 0.1) is 24.0 Å². The van der Waals surface area contributed by atoms with Gasteiger partial charge in [0.2, 0.25) is 10.0 Å². The minimum absolute atomic E-state index is 0.0183. The molecule has 1 aliphatic heterocycles. The summed E-state index contributed by atoms with van der Waals surface area (Å²) >= 11 is 0. The van der Waals surface area contributed by atoms with Crippen molar-refractivity contribution in [3.63, 3.8) is 0 Å². The number of morpholine rings is 1. The minimum Gasteiger partial charge on any atom is -0.452 e. The number of anilines is 1. The van der Waals surface area contributed by atoms with Crippen LogP contribution in [0.2, 0.25) is 0 Å². The van der Waals surface area contributed by atoms with Crippen LogP contribution < -0.4 is 5.32 Å². The molecule has 0 aromatic heterocycles. The number of ether oxygens (including phenoxy) is 2. The number of nitrogens with zero attached hydrogens (tertiary/aromatic N) is 2. The normalized spacial score (nSPS) is 14.5. The third-order valence-corrected chi connectivity index (χ3v) is 7.08. The Morgan fingerprint density at radius 2 is 1.79 bits per heavy atom. The lowest BCUT2D eigenvalue weighted by Gasteiger charge is -2.26. The molecule has 0 spiro atoms. The summed E-state index contributed by atoms with van der Waals surface area (Å²) in [4.78, 5) is 35.0. The molecule has 0 saturated carbocycles. The summed E-state index contributed by atoms with van der Waals surface area (Å²) in [6.45, 7) is 3.55. The van der Waals surface area contributed by atoms with Crippen molar-refractivity contribution in [3.05, 3.63) is 63.2 Å². The van der Waals surface area contributed by atoms with Crippen LogP contribution >= 0.6 is 0 Å². The number of carbonyl (C=O) groups is 2. The van der Waals surface area contributed by atoms with Gasteiger partial charge in [0.1, 0.15) is 0 Å². The number of nitrogens with one attached hydrogen (secondary N) is 1. The molecular weight excluding hydrogens is 454 g/mol. The Hall–Kier alpha value is -3.35. The van der Waals surface area contributed by atoms with Crippen LogP contribution in [0.15, 0.2) is 41.3 Å². The molecule has 0 bridgehead atoms. The van der Waals surface area contributed by atoms with Gasteiger partial charge in [-0.3, -0.25) is 14.9 Å². The van der Waals surface area contributed by atoms with Gasteiger partial charge >= 0.3 is 5.97 Å². The van der Waals surface area contributed by atoms with E-state index in [1.807, 2.05) is 0 Å². The Morgan fingerprint density at radius 1 is 1.12 bits per heavy atom. The summed E-state index contributed by atoms with van der Waals surface area (Å²) in [5.74, 6) is -1.58. The first-order valence-corrected chi connectivity index (χ1v) is 11.4. The first kappa shape index (κ1) is 24.3. The van der Waals surface area contributed by atoms with Crippen LogP contribution in [0.5, 0.6) is 0 Å². The highest BCUT2D eigenvalue weighted by molar-refractivity contribution is 7.89. The molecule has 1 amide bonds. The van der Waals surface area contributed by atoms with E-state index in [2.05, 4.69) is 5.32 Å². The van der Waals surface area contributed by atoms with Crippen molar-refractivity contribution in [1.82, 2.24) is 4.31 Å². The van der Waals surface area contributed by atoms with Crippen molar-refractivity contribution < 1.29 is 32.4 Å². The van der Waals surface area contributed by atoms with Crippen molar-refractivity contribution >= 4 is 33.3 Å². The van der Waals surface area contributed by atoms with E-state index in [0.717, 1.165) is 0 Å². The average Bonchev–Trinajstić information content (AvgIpc) is 2.79. The number of esters is 1. The zero-order valence-electron chi connectivity index (χ0n) is 18.1. The Labute approximate surface area is 190 Å². The quantitative estimate of drug-likeness (QED) is 0.362. The Morgan fingerprint density at radius 3 is 2.45 bits per heavy atom. The number of benzene rings is 2. The van der Waals surface area contributed by atoms with Crippen molar-refractivity contribution in [2.45, 2.75) is 18.7 Å². The van der Waals surface area contributed by atoms with Crippen molar-refractivity contribution in [2.24, 2.45) is 0 Å². The lowest BCUT2D eigenvalue weighted by molar-refractivity contribution is -0.385. The number of nitro groups is 1. The predicted molar refractivity (Wildman–Crippen MR) is 118 cm³/mol. The van der Waals surface area contributed by atoms with Crippen LogP contribution in [0.4, 0.5) is 11.4 Å². The highest BCUT2D eigenvalue weighted by Crippen LogP contribution is 2.24. The fourth-order valence-electron chi connectivity index (χ4n) is 3.23. The number of rotatable bonds is 7. The van der Waals surface area contributed by atoms with E-state index >= 15 is 0 Å². The van der Waals surface area contributed by atoms with E-state index < -0.39 is 33.4 Å². The maximum absolute atomic E-state index is 13.0. The van der Waals surface area contributed by atoms with Crippen molar-refractivity contribution in [3.8, 4) is 0 Å². The second-order valence-electron chi connectivity index (χ2n) is 7.38. The molecule has 1 aliphatic rings. The largest absolute Gasteiger partial charge is 0.452 e. The molecule has 0 aliphatic carbocycles. The molecule has 1 N–H and O–H groups in total. The molecule has 3 rings (SSSR count). The number of aryl methyl sites for hydroxylation is 2. The van der Waals surface area contributed by atoms with E-state index in [1.54, 1.807) is 13.8 Å². The number of hydrogen-bond acceptors (Lipinski definition) is 8. The molecule has 0 unspecified atom stereocenters. The summed E-state index contributed by atoms with van der Waals surface area (Å²) in [6, 6.07) is 8.32. The van der Waals surface area contributed by atoms with Crippen LogP contribution in [0.3, 0.4) is 0 Å². The molecule has 1 fully saturated rings. The van der Waals surface area contributed by atoms with E-state index in [0.29, 0.717) is 24.3 Å². The Bertz CT molecular complexity index is 1190. The van der Waals surface area contributed by atoms with Crippen molar-refractivity contribution in [2.75, 3.05) is 38.2 Å². The maximum atomic E-state index is 13.0. The van der Waals surface area contributed by atoms with Crippen LogP contribution in [0.25, 0.3) is 0 Å². The summed E-state index contributed by atoms with van der Waals surface area (Å²) in [5.41, 5.74) is 0.913. The lowest BCUT2D eigenvalue weighted by atomic mass is 10.1. The highest BCUT2D eigenvalue weighted by Gasteiger charge is 2.28. The van der Waals surface area contributed by atoms with E-state index in [9.17, 15) is 28.1 Å². The highest BCUT2D eigenvalue weighted by atomic mass is 32.2. The Kier molecular flexibility index (Phi) is 7.41. The van der Waals surface area contributed by atoms with Gasteiger partial charge in [-0.05, 0) is 37.6 Å². The average molecular weight is 477 g/mol. The van der Waals surface area contributed by atoms with Crippen LogP contribution in [-0.4, -0.2) is 62.4 Å². The van der Waals surface area contributed by atoms with Gasteiger partial charge < -0.3 is 14.8 Å². The van der Waals surface area contributed by atoms with Gasteiger partial charge in [0.15, 0.2) is 6.61 Å². The number of hydrogen-bond donors (Lipinski definition) is 1. The minimum atomic E-state index is -3.82. The van der Waals surface area contributed by atoms with Crippen LogP contribution in [0.1, 0.15) is 21.5 Å². The van der Waals surface area contributed by atoms with E-state index in [1.165, 1.54) is 40.7 Å². The monoisotopic (exact) mass is 477 g/mol. The van der Waals surface area contributed by atoms with Crippen LogP contribution in [-0.2, 0) is 24.3 Å². The second-order valence-corrected chi connectivity index (χ2v) is 9.29. The number of carbonyl (C=O) groups excluding carboxylic acids is 2. The molecule has 176 valence electrons. The second kappa shape index (κ2) is 10.1. The third kappa shape index (κ3) is 5.72. The van der Waals surface area contributed by atoms with Crippen molar-refractivity contribution in [1.29, 1.82) is 0 Å². The predicted octanol–water partition coefficient (Wildman–Crippen LogP) is 2.03. The zero-order valence-corrected chi connectivity index (χ0v) is 18.9. The van der Waals surface area contributed by atoms with Gasteiger partial charge in [-0.15, -0.1) is 0 Å². The third-order valence-electron chi connectivity index (χ3n) is 5.04. The summed E-state index contributed by atoms with van der Waals surface area (Å²) in [7, 11) is -3.82. The topological polar surface area (TPSA) is 145 Å². The molecule has 0 atom stereocenters. The molecule has 33 heavy (non-hydrogen) atoms. The number of sulfonamides is 1. The smallest absolute Gasteiger partial charge is 0.338 e. The van der Waals surface area contributed by atoms with Gasteiger partial charge in [-0.2, -0.15) is 4.31 Å². The molecular formula is C21H23N3O8S. The van der Waals surface area contributed by atoms with Gasteiger partial charge in [0.05, 0.1) is 28.6 Å². The molecule has 2 aromatic carbocycles. The van der Waals surface area contributed by atoms with E-state index in [4.69, 9.17) is 9.47 Å². The van der Waals surface area contributed by atoms with Gasteiger partial charge in [0, 0.05) is 30.4 Å².